The van der Waals surface area contributed by atoms with Crippen molar-refractivity contribution in [2.75, 3.05) is 6.61 Å². The van der Waals surface area contributed by atoms with Crippen molar-refractivity contribution >= 4 is 11.9 Å². The lowest BCUT2D eigenvalue weighted by Crippen LogP contribution is -2.26. The number of rotatable bonds is 9. The van der Waals surface area contributed by atoms with Crippen molar-refractivity contribution in [3.05, 3.63) is 0 Å². The summed E-state index contributed by atoms with van der Waals surface area (Å²) in [6.45, 7) is 1.63. The van der Waals surface area contributed by atoms with Gasteiger partial charge in [0, 0.05) is 6.42 Å². The molecule has 0 aliphatic carbocycles. The Labute approximate surface area is 89.8 Å². The van der Waals surface area contributed by atoms with Crippen molar-refractivity contribution in [3.63, 3.8) is 0 Å². The Kier molecular flexibility index (Phi) is 8.76. The molecule has 15 heavy (non-hydrogen) atoms. The van der Waals surface area contributed by atoms with Crippen LogP contribution in [0.3, 0.4) is 0 Å². The monoisotopic (exact) mass is 217 g/mol. The molecule has 0 heterocycles. The Morgan fingerprint density at radius 1 is 1.20 bits per heavy atom. The summed E-state index contributed by atoms with van der Waals surface area (Å²) in [6.07, 6.45) is 5.75. The molecule has 0 saturated carbocycles. The molecule has 0 bridgehead atoms. The number of carbonyl (C=O) groups excluding carboxylic acids is 1. The fourth-order valence-electron chi connectivity index (χ4n) is 1.12. The number of amides is 1. The zero-order valence-electron chi connectivity index (χ0n) is 9.12. The summed E-state index contributed by atoms with van der Waals surface area (Å²) in [5, 5.41) is 8.22. The van der Waals surface area contributed by atoms with Crippen LogP contribution in [-0.2, 0) is 14.4 Å². The van der Waals surface area contributed by atoms with Gasteiger partial charge in [-0.05, 0) is 6.42 Å². The van der Waals surface area contributed by atoms with E-state index < -0.39 is 12.6 Å². The summed E-state index contributed by atoms with van der Waals surface area (Å²) in [6, 6.07) is 0. The number of hydrogen-bond acceptors (Lipinski definition) is 3. The van der Waals surface area contributed by atoms with Crippen molar-refractivity contribution in [1.29, 1.82) is 0 Å². The summed E-state index contributed by atoms with van der Waals surface area (Å²) in [4.78, 5) is 25.5. The van der Waals surface area contributed by atoms with Crippen molar-refractivity contribution in [2.45, 2.75) is 45.4 Å². The standard InChI is InChI=1S/C10H19NO4/c1-2-3-4-5-6-7-9(12)11-15-8-10(13)14/h2-8H2,1H3,(H,11,12)(H,13,14). The normalized spacial score (nSPS) is 9.93. The topological polar surface area (TPSA) is 75.6 Å². The van der Waals surface area contributed by atoms with Crippen molar-refractivity contribution in [2.24, 2.45) is 0 Å². The van der Waals surface area contributed by atoms with Crippen LogP contribution in [0.5, 0.6) is 0 Å². The third-order valence-electron chi connectivity index (χ3n) is 1.89. The maximum absolute atomic E-state index is 11.0. The number of hydroxylamine groups is 1. The highest BCUT2D eigenvalue weighted by Crippen LogP contribution is 2.04. The van der Waals surface area contributed by atoms with Gasteiger partial charge in [-0.3, -0.25) is 9.63 Å². The Morgan fingerprint density at radius 3 is 2.47 bits per heavy atom. The van der Waals surface area contributed by atoms with Crippen LogP contribution in [0.15, 0.2) is 0 Å². The van der Waals surface area contributed by atoms with Crippen LogP contribution in [0.1, 0.15) is 45.4 Å². The zero-order chi connectivity index (χ0) is 11.5. The average molecular weight is 217 g/mol. The number of hydrogen-bond donors (Lipinski definition) is 2. The lowest BCUT2D eigenvalue weighted by atomic mass is 10.1. The molecule has 0 aliphatic heterocycles. The molecule has 0 aromatic heterocycles. The van der Waals surface area contributed by atoms with Gasteiger partial charge in [-0.15, -0.1) is 0 Å². The molecule has 0 unspecified atom stereocenters. The van der Waals surface area contributed by atoms with Gasteiger partial charge in [0.05, 0.1) is 0 Å². The molecule has 0 aliphatic rings. The van der Waals surface area contributed by atoms with Crippen LogP contribution in [0.4, 0.5) is 0 Å². The van der Waals surface area contributed by atoms with Crippen molar-refractivity contribution in [3.8, 4) is 0 Å². The van der Waals surface area contributed by atoms with Crippen LogP contribution >= 0.6 is 0 Å². The van der Waals surface area contributed by atoms with Gasteiger partial charge in [-0.1, -0.05) is 32.6 Å². The number of nitrogens with one attached hydrogen (secondary N) is 1. The van der Waals surface area contributed by atoms with Gasteiger partial charge < -0.3 is 5.11 Å². The van der Waals surface area contributed by atoms with Crippen LogP contribution in [-0.4, -0.2) is 23.6 Å². The SMILES string of the molecule is CCCCCCCC(=O)NOCC(=O)O. The molecule has 88 valence electrons. The third kappa shape index (κ3) is 10.8. The second kappa shape index (κ2) is 9.45. The highest BCUT2D eigenvalue weighted by Gasteiger charge is 2.02. The van der Waals surface area contributed by atoms with E-state index >= 15 is 0 Å². The summed E-state index contributed by atoms with van der Waals surface area (Å²) >= 11 is 0. The van der Waals surface area contributed by atoms with E-state index in [1.54, 1.807) is 0 Å². The van der Waals surface area contributed by atoms with Gasteiger partial charge in [0.15, 0.2) is 6.61 Å². The maximum atomic E-state index is 11.0. The molecule has 0 aromatic carbocycles. The molecule has 0 radical (unpaired) electrons. The summed E-state index contributed by atoms with van der Waals surface area (Å²) in [5.74, 6) is -1.36. The first kappa shape index (κ1) is 13.9. The third-order valence-corrected chi connectivity index (χ3v) is 1.89. The van der Waals surface area contributed by atoms with E-state index in [0.29, 0.717) is 6.42 Å². The lowest BCUT2D eigenvalue weighted by Gasteiger charge is -2.03. The predicted octanol–water partition coefficient (Wildman–Crippen LogP) is 1.48. The van der Waals surface area contributed by atoms with E-state index in [2.05, 4.69) is 17.2 Å². The molecule has 2 N–H and O–H groups in total. The fourth-order valence-corrected chi connectivity index (χ4v) is 1.12. The van der Waals surface area contributed by atoms with E-state index in [0.717, 1.165) is 19.3 Å². The van der Waals surface area contributed by atoms with E-state index in [4.69, 9.17) is 5.11 Å². The van der Waals surface area contributed by atoms with Gasteiger partial charge >= 0.3 is 5.97 Å². The maximum Gasteiger partial charge on any atom is 0.332 e. The van der Waals surface area contributed by atoms with Crippen molar-refractivity contribution in [1.82, 2.24) is 5.48 Å². The van der Waals surface area contributed by atoms with E-state index in [1.165, 1.54) is 12.8 Å². The minimum absolute atomic E-state index is 0.257. The molecule has 0 rings (SSSR count). The minimum atomic E-state index is -1.10. The molecule has 0 atom stereocenters. The molecular weight excluding hydrogens is 198 g/mol. The second-order valence-electron chi connectivity index (χ2n) is 3.37. The van der Waals surface area contributed by atoms with Gasteiger partial charge in [-0.2, -0.15) is 0 Å². The first-order chi connectivity index (χ1) is 7.16. The molecule has 1 amide bonds. The van der Waals surface area contributed by atoms with E-state index in [1.807, 2.05) is 0 Å². The largest absolute Gasteiger partial charge is 0.479 e. The molecule has 5 nitrogen and oxygen atoms in total. The summed E-state index contributed by atoms with van der Waals surface area (Å²) in [5.41, 5.74) is 2.09. The number of unbranched alkanes of at least 4 members (excludes halogenated alkanes) is 4. The highest BCUT2D eigenvalue weighted by molar-refractivity contribution is 5.75. The predicted molar refractivity (Wildman–Crippen MR) is 55.1 cm³/mol. The quantitative estimate of drug-likeness (QED) is 0.453. The Balaban J connectivity index is 3.22. The minimum Gasteiger partial charge on any atom is -0.479 e. The summed E-state index contributed by atoms with van der Waals surface area (Å²) < 4.78 is 0. The second-order valence-corrected chi connectivity index (χ2v) is 3.37. The van der Waals surface area contributed by atoms with E-state index in [9.17, 15) is 9.59 Å². The van der Waals surface area contributed by atoms with E-state index in [-0.39, 0.29) is 5.91 Å². The van der Waals surface area contributed by atoms with Gasteiger partial charge in [0.25, 0.3) is 0 Å². The number of carbonyl (C=O) groups is 2. The lowest BCUT2D eigenvalue weighted by molar-refractivity contribution is -0.149. The van der Waals surface area contributed by atoms with Gasteiger partial charge in [0.1, 0.15) is 0 Å². The average Bonchev–Trinajstić information content (AvgIpc) is 2.17. The van der Waals surface area contributed by atoms with Gasteiger partial charge in [0.2, 0.25) is 5.91 Å². The molecule has 5 heteroatoms. The number of carboxylic acids is 1. The van der Waals surface area contributed by atoms with Crippen LogP contribution < -0.4 is 5.48 Å². The molecular formula is C10H19NO4. The molecule has 0 fully saturated rings. The van der Waals surface area contributed by atoms with Gasteiger partial charge in [-0.25, -0.2) is 10.3 Å². The van der Waals surface area contributed by atoms with Crippen LogP contribution in [0, 0.1) is 0 Å². The smallest absolute Gasteiger partial charge is 0.332 e. The van der Waals surface area contributed by atoms with Crippen LogP contribution in [0.25, 0.3) is 0 Å². The Hall–Kier alpha value is -1.10. The first-order valence-electron chi connectivity index (χ1n) is 5.29. The van der Waals surface area contributed by atoms with Crippen molar-refractivity contribution < 1.29 is 19.5 Å². The highest BCUT2D eigenvalue weighted by atomic mass is 16.7. The van der Waals surface area contributed by atoms with Crippen LogP contribution in [0.2, 0.25) is 0 Å². The Morgan fingerprint density at radius 2 is 1.87 bits per heavy atom. The number of aliphatic carboxylic acids is 1. The first-order valence-corrected chi connectivity index (χ1v) is 5.29. The fraction of sp³-hybridized carbons (Fsp3) is 0.800. The molecule has 0 spiro atoms. The summed E-state index contributed by atoms with van der Waals surface area (Å²) in [7, 11) is 0. The molecule has 0 saturated heterocycles. The number of carboxylic acid groups (broad SMARTS) is 1. The Bertz CT molecular complexity index is 194. The molecule has 0 aromatic rings. The zero-order valence-corrected chi connectivity index (χ0v) is 9.12.